The van der Waals surface area contributed by atoms with Gasteiger partial charge in [-0.15, -0.1) is 0 Å². The van der Waals surface area contributed by atoms with E-state index in [-0.39, 0.29) is 17.7 Å². The molecule has 9 nitrogen and oxygen atoms in total. The number of hydrogen-bond acceptors (Lipinski definition) is 6. The Bertz CT molecular complexity index is 789. The Morgan fingerprint density at radius 3 is 3.12 bits per heavy atom. The van der Waals surface area contributed by atoms with Crippen LogP contribution in [0, 0.1) is 0 Å². The largest absolute Gasteiger partial charge is 0.467 e. The number of hydrogen-bond donors (Lipinski definition) is 1. The van der Waals surface area contributed by atoms with Gasteiger partial charge in [-0.05, 0) is 12.1 Å². The van der Waals surface area contributed by atoms with Crippen molar-refractivity contribution >= 4 is 11.8 Å². The molecule has 2 amide bonds. The van der Waals surface area contributed by atoms with Gasteiger partial charge >= 0.3 is 6.03 Å². The number of carbonyl (C=O) groups is 1. The number of urea groups is 1. The third-order valence-electron chi connectivity index (χ3n) is 4.26. The second-order valence-corrected chi connectivity index (χ2v) is 6.22. The van der Waals surface area contributed by atoms with Crippen LogP contribution in [0.25, 0.3) is 0 Å². The number of aryl methyl sites for hydroxylation is 1. The SMILES string of the molecule is CN(CC1CN(C(=O)NCc2ccco2)CCO1)c1nccn(C)c1=O. The van der Waals surface area contributed by atoms with Gasteiger partial charge in [-0.1, -0.05) is 0 Å². The first kappa shape index (κ1) is 18.0. The number of furan rings is 1. The van der Waals surface area contributed by atoms with Crippen LogP contribution in [0.3, 0.4) is 0 Å². The smallest absolute Gasteiger partial charge is 0.317 e. The maximum absolute atomic E-state index is 12.3. The molecule has 1 fully saturated rings. The number of ether oxygens (including phenoxy) is 1. The molecule has 0 aromatic carbocycles. The summed E-state index contributed by atoms with van der Waals surface area (Å²) in [6, 6.07) is 3.43. The Kier molecular flexibility index (Phi) is 5.57. The van der Waals surface area contributed by atoms with E-state index in [1.165, 1.54) is 4.57 Å². The molecule has 2 aromatic heterocycles. The first-order valence-electron chi connectivity index (χ1n) is 8.44. The van der Waals surface area contributed by atoms with E-state index in [1.807, 2.05) is 6.07 Å². The molecular formula is C17H23N5O4. The van der Waals surface area contributed by atoms with Crippen molar-refractivity contribution in [2.75, 3.05) is 38.2 Å². The molecule has 0 bridgehead atoms. The fourth-order valence-electron chi connectivity index (χ4n) is 2.84. The number of aromatic nitrogens is 2. The van der Waals surface area contributed by atoms with Crippen LogP contribution in [0.5, 0.6) is 0 Å². The maximum Gasteiger partial charge on any atom is 0.317 e. The van der Waals surface area contributed by atoms with Crippen LogP contribution in [0.15, 0.2) is 40.0 Å². The molecule has 26 heavy (non-hydrogen) atoms. The minimum Gasteiger partial charge on any atom is -0.467 e. The molecule has 0 radical (unpaired) electrons. The summed E-state index contributed by atoms with van der Waals surface area (Å²) in [6.07, 6.45) is 4.57. The van der Waals surface area contributed by atoms with Crippen molar-refractivity contribution < 1.29 is 13.9 Å². The zero-order chi connectivity index (χ0) is 18.5. The number of anilines is 1. The summed E-state index contributed by atoms with van der Waals surface area (Å²) in [6.45, 7) is 2.23. The molecule has 1 N–H and O–H groups in total. The van der Waals surface area contributed by atoms with Gasteiger partial charge in [0, 0.05) is 39.6 Å². The van der Waals surface area contributed by atoms with Gasteiger partial charge < -0.3 is 28.8 Å². The topological polar surface area (TPSA) is 92.8 Å². The number of amides is 2. The van der Waals surface area contributed by atoms with Gasteiger partial charge in [0.1, 0.15) is 5.76 Å². The Balaban J connectivity index is 1.55. The second-order valence-electron chi connectivity index (χ2n) is 6.22. The summed E-state index contributed by atoms with van der Waals surface area (Å²) >= 11 is 0. The van der Waals surface area contributed by atoms with Crippen LogP contribution in [-0.2, 0) is 18.3 Å². The van der Waals surface area contributed by atoms with E-state index in [0.29, 0.717) is 44.4 Å². The lowest BCUT2D eigenvalue weighted by atomic mass is 10.2. The average Bonchev–Trinajstić information content (AvgIpc) is 3.15. The van der Waals surface area contributed by atoms with Gasteiger partial charge in [0.15, 0.2) is 5.82 Å². The first-order valence-corrected chi connectivity index (χ1v) is 8.44. The van der Waals surface area contributed by atoms with Crippen LogP contribution in [0.2, 0.25) is 0 Å². The number of likely N-dealkylation sites (N-methyl/N-ethyl adjacent to an activating group) is 1. The van der Waals surface area contributed by atoms with Gasteiger partial charge in [-0.2, -0.15) is 0 Å². The Hall–Kier alpha value is -2.81. The highest BCUT2D eigenvalue weighted by Crippen LogP contribution is 2.10. The minimum atomic E-state index is -0.199. The van der Waals surface area contributed by atoms with Crippen LogP contribution < -0.4 is 15.8 Å². The van der Waals surface area contributed by atoms with E-state index >= 15 is 0 Å². The van der Waals surface area contributed by atoms with E-state index in [2.05, 4.69) is 10.3 Å². The number of nitrogens with zero attached hydrogens (tertiary/aromatic N) is 4. The van der Waals surface area contributed by atoms with E-state index in [4.69, 9.17) is 9.15 Å². The summed E-state index contributed by atoms with van der Waals surface area (Å²) in [5.74, 6) is 1.06. The summed E-state index contributed by atoms with van der Waals surface area (Å²) < 4.78 is 12.4. The van der Waals surface area contributed by atoms with E-state index in [1.54, 1.807) is 48.6 Å². The normalized spacial score (nSPS) is 17.2. The summed E-state index contributed by atoms with van der Waals surface area (Å²) in [7, 11) is 3.48. The molecule has 3 heterocycles. The van der Waals surface area contributed by atoms with Gasteiger partial charge in [0.25, 0.3) is 5.56 Å². The lowest BCUT2D eigenvalue weighted by Gasteiger charge is -2.34. The Morgan fingerprint density at radius 1 is 1.50 bits per heavy atom. The van der Waals surface area contributed by atoms with E-state index in [9.17, 15) is 9.59 Å². The number of rotatable bonds is 5. The molecule has 0 aliphatic carbocycles. The molecule has 1 aliphatic heterocycles. The molecule has 9 heteroatoms. The van der Waals surface area contributed by atoms with Crippen LogP contribution in [0.4, 0.5) is 10.6 Å². The third-order valence-corrected chi connectivity index (χ3v) is 4.26. The highest BCUT2D eigenvalue weighted by molar-refractivity contribution is 5.74. The number of nitrogens with one attached hydrogen (secondary N) is 1. The Labute approximate surface area is 151 Å². The van der Waals surface area contributed by atoms with Crippen molar-refractivity contribution in [3.8, 4) is 0 Å². The monoisotopic (exact) mass is 361 g/mol. The predicted molar refractivity (Wildman–Crippen MR) is 95.0 cm³/mol. The zero-order valence-corrected chi connectivity index (χ0v) is 14.9. The first-order chi connectivity index (χ1) is 12.5. The van der Waals surface area contributed by atoms with Crippen molar-refractivity contribution in [2.45, 2.75) is 12.6 Å². The van der Waals surface area contributed by atoms with E-state index < -0.39 is 0 Å². The molecule has 0 spiro atoms. The van der Waals surface area contributed by atoms with Gasteiger partial charge in [-0.3, -0.25) is 4.79 Å². The summed E-state index contributed by atoms with van der Waals surface area (Å²) in [5.41, 5.74) is -0.168. The standard InChI is InChI=1S/C17H23N5O4/c1-20-6-5-18-15(16(20)23)21(2)11-14-12-22(7-9-26-14)17(24)19-10-13-4-3-8-25-13/h3-6,8,14H,7,9-12H2,1-2H3,(H,19,24). The summed E-state index contributed by atoms with van der Waals surface area (Å²) in [4.78, 5) is 32.1. The third kappa shape index (κ3) is 4.23. The lowest BCUT2D eigenvalue weighted by molar-refractivity contribution is -0.00922. The van der Waals surface area contributed by atoms with Crippen molar-refractivity contribution in [3.63, 3.8) is 0 Å². The van der Waals surface area contributed by atoms with Crippen molar-refractivity contribution in [2.24, 2.45) is 7.05 Å². The molecular weight excluding hydrogens is 338 g/mol. The minimum absolute atomic E-state index is 0.161. The molecule has 2 aromatic rings. The van der Waals surface area contributed by atoms with Gasteiger partial charge in [0.05, 0.1) is 32.1 Å². The van der Waals surface area contributed by atoms with Crippen LogP contribution in [-0.4, -0.2) is 59.9 Å². The maximum atomic E-state index is 12.3. The fourth-order valence-corrected chi connectivity index (χ4v) is 2.84. The van der Waals surface area contributed by atoms with Gasteiger partial charge in [-0.25, -0.2) is 9.78 Å². The highest BCUT2D eigenvalue weighted by Gasteiger charge is 2.26. The Morgan fingerprint density at radius 2 is 2.35 bits per heavy atom. The highest BCUT2D eigenvalue weighted by atomic mass is 16.5. The summed E-state index contributed by atoms with van der Waals surface area (Å²) in [5, 5.41) is 2.84. The lowest BCUT2D eigenvalue weighted by Crippen LogP contribution is -2.52. The molecule has 1 aliphatic rings. The predicted octanol–water partition coefficient (Wildman–Crippen LogP) is 0.420. The molecule has 0 saturated carbocycles. The average molecular weight is 361 g/mol. The second kappa shape index (κ2) is 8.05. The molecule has 140 valence electrons. The number of morpholine rings is 1. The van der Waals surface area contributed by atoms with Crippen LogP contribution >= 0.6 is 0 Å². The zero-order valence-electron chi connectivity index (χ0n) is 14.9. The van der Waals surface area contributed by atoms with Crippen molar-refractivity contribution in [1.29, 1.82) is 0 Å². The molecule has 1 saturated heterocycles. The van der Waals surface area contributed by atoms with Crippen molar-refractivity contribution in [3.05, 3.63) is 46.9 Å². The molecule has 1 unspecified atom stereocenters. The number of carbonyl (C=O) groups excluding carboxylic acids is 1. The van der Waals surface area contributed by atoms with Gasteiger partial charge in [0.2, 0.25) is 0 Å². The van der Waals surface area contributed by atoms with Crippen LogP contribution in [0.1, 0.15) is 5.76 Å². The fraction of sp³-hybridized carbons (Fsp3) is 0.471. The quantitative estimate of drug-likeness (QED) is 0.830. The van der Waals surface area contributed by atoms with Crippen molar-refractivity contribution in [1.82, 2.24) is 19.8 Å². The van der Waals surface area contributed by atoms with E-state index in [0.717, 1.165) is 0 Å². The molecule has 1 atom stereocenters. The molecule has 3 rings (SSSR count).